The Morgan fingerprint density at radius 3 is 2.92 bits per heavy atom. The number of imide groups is 1. The Kier molecular flexibility index (Phi) is 2.99. The molecule has 0 radical (unpaired) electrons. The van der Waals surface area contributed by atoms with Crippen LogP contribution in [0.15, 0.2) is 12.7 Å². The Bertz CT molecular complexity index is 213. The van der Waals surface area contributed by atoms with Crippen molar-refractivity contribution in [2.75, 3.05) is 6.54 Å². The highest BCUT2D eigenvalue weighted by atomic mass is 16.2. The number of amides is 2. The van der Waals surface area contributed by atoms with Crippen LogP contribution in [0, 0.1) is 0 Å². The molecule has 0 aliphatic carbocycles. The molecule has 1 saturated heterocycles. The van der Waals surface area contributed by atoms with E-state index >= 15 is 0 Å². The first-order valence-electron chi connectivity index (χ1n) is 3.92. The minimum Gasteiger partial charge on any atom is -0.305 e. The van der Waals surface area contributed by atoms with Gasteiger partial charge in [-0.05, 0) is 13.0 Å². The molecule has 66 valence electrons. The number of hydrogen-bond donors (Lipinski definition) is 2. The van der Waals surface area contributed by atoms with Gasteiger partial charge >= 0.3 is 0 Å². The fourth-order valence-electron chi connectivity index (χ4n) is 1.08. The van der Waals surface area contributed by atoms with E-state index in [1.54, 1.807) is 6.08 Å². The predicted molar refractivity (Wildman–Crippen MR) is 44.4 cm³/mol. The Hall–Kier alpha value is -1.16. The summed E-state index contributed by atoms with van der Waals surface area (Å²) in [5, 5.41) is 5.19. The molecule has 0 spiro atoms. The monoisotopic (exact) mass is 168 g/mol. The zero-order chi connectivity index (χ0) is 8.97. The molecule has 4 nitrogen and oxygen atoms in total. The van der Waals surface area contributed by atoms with Gasteiger partial charge in [0.1, 0.15) is 0 Å². The highest BCUT2D eigenvalue weighted by Crippen LogP contribution is 2.00. The van der Waals surface area contributed by atoms with E-state index in [0.717, 1.165) is 6.42 Å². The quantitative estimate of drug-likeness (QED) is 0.340. The molecule has 12 heavy (non-hydrogen) atoms. The first-order valence-corrected chi connectivity index (χ1v) is 3.92. The summed E-state index contributed by atoms with van der Waals surface area (Å²) in [6.45, 7) is 4.24. The van der Waals surface area contributed by atoms with Gasteiger partial charge in [0.25, 0.3) is 0 Å². The van der Waals surface area contributed by atoms with Crippen molar-refractivity contribution < 1.29 is 9.59 Å². The summed E-state index contributed by atoms with van der Waals surface area (Å²) in [5.74, 6) is -0.417. The van der Waals surface area contributed by atoms with E-state index in [9.17, 15) is 9.59 Å². The van der Waals surface area contributed by atoms with E-state index in [2.05, 4.69) is 17.2 Å². The van der Waals surface area contributed by atoms with Crippen molar-refractivity contribution in [3.05, 3.63) is 12.7 Å². The van der Waals surface area contributed by atoms with Crippen molar-refractivity contribution in [2.45, 2.75) is 18.9 Å². The van der Waals surface area contributed by atoms with Gasteiger partial charge in [0.05, 0.1) is 12.5 Å². The molecule has 4 heteroatoms. The van der Waals surface area contributed by atoms with E-state index in [-0.39, 0.29) is 24.3 Å². The summed E-state index contributed by atoms with van der Waals surface area (Å²) in [5.41, 5.74) is 0. The second-order valence-electron chi connectivity index (χ2n) is 2.70. The van der Waals surface area contributed by atoms with Crippen LogP contribution in [-0.2, 0) is 9.59 Å². The largest absolute Gasteiger partial charge is 0.305 e. The van der Waals surface area contributed by atoms with Crippen LogP contribution in [0.2, 0.25) is 0 Å². The Labute approximate surface area is 71.0 Å². The van der Waals surface area contributed by atoms with E-state index in [4.69, 9.17) is 0 Å². The van der Waals surface area contributed by atoms with Crippen LogP contribution < -0.4 is 10.6 Å². The number of carbonyl (C=O) groups excluding carboxylic acids is 2. The van der Waals surface area contributed by atoms with Crippen molar-refractivity contribution >= 4 is 11.8 Å². The molecule has 1 unspecified atom stereocenters. The molecule has 1 heterocycles. The normalized spacial score (nSPS) is 22.5. The molecule has 1 aliphatic rings. The van der Waals surface area contributed by atoms with Crippen molar-refractivity contribution in [2.24, 2.45) is 0 Å². The summed E-state index contributed by atoms with van der Waals surface area (Å²) in [7, 11) is 0. The molecule has 1 atom stereocenters. The minimum atomic E-state index is -0.336. The van der Waals surface area contributed by atoms with Gasteiger partial charge in [-0.1, -0.05) is 6.08 Å². The van der Waals surface area contributed by atoms with Crippen molar-refractivity contribution in [3.63, 3.8) is 0 Å². The Morgan fingerprint density at radius 2 is 2.42 bits per heavy atom. The van der Waals surface area contributed by atoms with Gasteiger partial charge in [-0.3, -0.25) is 14.9 Å². The van der Waals surface area contributed by atoms with Crippen LogP contribution in [0.1, 0.15) is 12.8 Å². The molecule has 1 aliphatic heterocycles. The van der Waals surface area contributed by atoms with Gasteiger partial charge < -0.3 is 5.32 Å². The van der Waals surface area contributed by atoms with Crippen molar-refractivity contribution in [1.82, 2.24) is 10.6 Å². The van der Waals surface area contributed by atoms with Crippen LogP contribution in [-0.4, -0.2) is 24.4 Å². The van der Waals surface area contributed by atoms with Crippen molar-refractivity contribution in [3.8, 4) is 0 Å². The lowest BCUT2D eigenvalue weighted by Crippen LogP contribution is -2.36. The van der Waals surface area contributed by atoms with Gasteiger partial charge in [-0.15, -0.1) is 6.58 Å². The second kappa shape index (κ2) is 4.01. The first-order chi connectivity index (χ1) is 5.74. The lowest BCUT2D eigenvalue weighted by molar-refractivity contribution is -0.125. The predicted octanol–water partition coefficient (Wildman–Crippen LogP) is -0.433. The topological polar surface area (TPSA) is 58.2 Å². The van der Waals surface area contributed by atoms with Gasteiger partial charge in [0.2, 0.25) is 11.8 Å². The standard InChI is InChI=1S/C8H12N2O2/c1-2-3-4-9-6-5-7(11)10-8(6)12/h2,6,9H,1,3-5H2,(H,10,11,12). The average molecular weight is 168 g/mol. The third-order valence-electron chi connectivity index (χ3n) is 1.71. The lowest BCUT2D eigenvalue weighted by Gasteiger charge is -2.06. The molecule has 1 fully saturated rings. The van der Waals surface area contributed by atoms with Crippen LogP contribution in [0.5, 0.6) is 0 Å². The number of carbonyl (C=O) groups is 2. The maximum atomic E-state index is 11.0. The highest BCUT2D eigenvalue weighted by molar-refractivity contribution is 6.05. The fourth-order valence-corrected chi connectivity index (χ4v) is 1.08. The Balaban J connectivity index is 2.28. The molecule has 1 rings (SSSR count). The maximum Gasteiger partial charge on any atom is 0.244 e. The minimum absolute atomic E-state index is 0.198. The fraction of sp³-hybridized carbons (Fsp3) is 0.500. The summed E-state index contributed by atoms with van der Waals surface area (Å²) in [6.07, 6.45) is 2.83. The molecule has 0 aromatic rings. The van der Waals surface area contributed by atoms with E-state index in [1.807, 2.05) is 0 Å². The van der Waals surface area contributed by atoms with Gasteiger partial charge in [0.15, 0.2) is 0 Å². The molecule has 0 saturated carbocycles. The Morgan fingerprint density at radius 1 is 1.67 bits per heavy atom. The summed E-state index contributed by atoms with van der Waals surface area (Å²) in [6, 6.07) is -0.336. The summed E-state index contributed by atoms with van der Waals surface area (Å²) in [4.78, 5) is 21.7. The molecule has 0 aromatic heterocycles. The van der Waals surface area contributed by atoms with Crippen LogP contribution in [0.3, 0.4) is 0 Å². The first kappa shape index (κ1) is 8.93. The number of rotatable bonds is 4. The SMILES string of the molecule is C=CCCNC1CC(=O)NC1=O. The maximum absolute atomic E-state index is 11.0. The van der Waals surface area contributed by atoms with Gasteiger partial charge in [-0.2, -0.15) is 0 Å². The average Bonchev–Trinajstić information content (AvgIpc) is 2.31. The third kappa shape index (κ3) is 2.17. The van der Waals surface area contributed by atoms with E-state index < -0.39 is 0 Å². The zero-order valence-corrected chi connectivity index (χ0v) is 6.80. The number of nitrogens with one attached hydrogen (secondary N) is 2. The van der Waals surface area contributed by atoms with Crippen LogP contribution >= 0.6 is 0 Å². The molecule has 2 N–H and O–H groups in total. The number of hydrogen-bond acceptors (Lipinski definition) is 3. The van der Waals surface area contributed by atoms with E-state index in [0.29, 0.717) is 6.54 Å². The molecule has 2 amide bonds. The molecular weight excluding hydrogens is 156 g/mol. The smallest absolute Gasteiger partial charge is 0.244 e. The van der Waals surface area contributed by atoms with Crippen molar-refractivity contribution in [1.29, 1.82) is 0 Å². The highest BCUT2D eigenvalue weighted by Gasteiger charge is 2.29. The van der Waals surface area contributed by atoms with Gasteiger partial charge in [-0.25, -0.2) is 0 Å². The van der Waals surface area contributed by atoms with Crippen LogP contribution in [0.25, 0.3) is 0 Å². The summed E-state index contributed by atoms with van der Waals surface area (Å²) < 4.78 is 0. The van der Waals surface area contributed by atoms with Gasteiger partial charge in [0, 0.05) is 0 Å². The lowest BCUT2D eigenvalue weighted by atomic mass is 10.2. The molecular formula is C8H12N2O2. The zero-order valence-electron chi connectivity index (χ0n) is 6.80. The summed E-state index contributed by atoms with van der Waals surface area (Å²) >= 11 is 0. The third-order valence-corrected chi connectivity index (χ3v) is 1.71. The second-order valence-corrected chi connectivity index (χ2v) is 2.70. The molecule has 0 bridgehead atoms. The van der Waals surface area contributed by atoms with E-state index in [1.165, 1.54) is 0 Å². The molecule has 0 aromatic carbocycles. The van der Waals surface area contributed by atoms with Crippen LogP contribution in [0.4, 0.5) is 0 Å².